The Bertz CT molecular complexity index is 837. The van der Waals surface area contributed by atoms with E-state index in [1.54, 1.807) is 0 Å². The number of hydrogen-bond acceptors (Lipinski definition) is 3. The molecule has 1 N–H and O–H groups in total. The lowest BCUT2D eigenvalue weighted by molar-refractivity contribution is -0.116. The highest BCUT2D eigenvalue weighted by Crippen LogP contribution is 2.18. The number of amides is 1. The van der Waals surface area contributed by atoms with Gasteiger partial charge in [-0.1, -0.05) is 19.1 Å². The summed E-state index contributed by atoms with van der Waals surface area (Å²) in [5.41, 5.74) is 2.66. The summed E-state index contributed by atoms with van der Waals surface area (Å²) in [4.78, 5) is 17.0. The monoisotopic (exact) mass is 323 g/mol. The summed E-state index contributed by atoms with van der Waals surface area (Å²) in [5.74, 6) is 1.64. The standard InChI is InChI=1S/C19H21N3O2/c1-3-18-21-16-7-5-6-8-17(16)22(18)13-19(23)20-14-9-11-15(12-10-14)24-4-2/h5-12H,3-4,13H2,1-2H3,(H,20,23). The molecule has 0 fully saturated rings. The molecule has 0 unspecified atom stereocenters. The summed E-state index contributed by atoms with van der Waals surface area (Å²) >= 11 is 0. The SMILES string of the molecule is CCOc1ccc(NC(=O)Cn2c(CC)nc3ccccc32)cc1. The maximum absolute atomic E-state index is 12.4. The molecular weight excluding hydrogens is 302 g/mol. The van der Waals surface area contributed by atoms with Gasteiger partial charge < -0.3 is 14.6 Å². The lowest BCUT2D eigenvalue weighted by atomic mass is 10.3. The Labute approximate surface area is 141 Å². The first-order chi connectivity index (χ1) is 11.7. The molecule has 0 saturated heterocycles. The van der Waals surface area contributed by atoms with Gasteiger partial charge in [0.05, 0.1) is 17.6 Å². The molecule has 3 aromatic rings. The van der Waals surface area contributed by atoms with Crippen LogP contribution in [0.15, 0.2) is 48.5 Å². The van der Waals surface area contributed by atoms with Crippen molar-refractivity contribution in [2.24, 2.45) is 0 Å². The van der Waals surface area contributed by atoms with Crippen molar-refractivity contribution in [3.8, 4) is 5.75 Å². The summed E-state index contributed by atoms with van der Waals surface area (Å²) in [6.45, 7) is 4.86. The minimum absolute atomic E-state index is 0.0722. The lowest BCUT2D eigenvalue weighted by Crippen LogP contribution is -2.20. The van der Waals surface area contributed by atoms with Gasteiger partial charge in [0.2, 0.25) is 5.91 Å². The zero-order valence-corrected chi connectivity index (χ0v) is 14.0. The number of para-hydroxylation sites is 2. The highest BCUT2D eigenvalue weighted by atomic mass is 16.5. The molecule has 1 amide bonds. The van der Waals surface area contributed by atoms with E-state index in [2.05, 4.69) is 10.3 Å². The van der Waals surface area contributed by atoms with Crippen molar-refractivity contribution in [3.63, 3.8) is 0 Å². The first-order valence-electron chi connectivity index (χ1n) is 8.18. The number of rotatable bonds is 6. The second kappa shape index (κ2) is 7.17. The highest BCUT2D eigenvalue weighted by Gasteiger charge is 2.12. The molecule has 1 heterocycles. The van der Waals surface area contributed by atoms with Crippen molar-refractivity contribution in [1.29, 1.82) is 0 Å². The molecule has 0 aliphatic heterocycles. The van der Waals surface area contributed by atoms with Gasteiger partial charge in [-0.25, -0.2) is 4.98 Å². The minimum atomic E-state index is -0.0722. The molecule has 0 saturated carbocycles. The Balaban J connectivity index is 1.75. The topological polar surface area (TPSA) is 56.1 Å². The molecule has 5 heteroatoms. The van der Waals surface area contributed by atoms with Crippen LogP contribution in [0.2, 0.25) is 0 Å². The number of fused-ring (bicyclic) bond motifs is 1. The molecule has 24 heavy (non-hydrogen) atoms. The number of nitrogens with zero attached hydrogens (tertiary/aromatic N) is 2. The van der Waals surface area contributed by atoms with Crippen LogP contribution in [-0.4, -0.2) is 22.1 Å². The van der Waals surface area contributed by atoms with Gasteiger partial charge >= 0.3 is 0 Å². The molecule has 1 aromatic heterocycles. The molecule has 3 rings (SSSR count). The number of nitrogens with one attached hydrogen (secondary N) is 1. The Morgan fingerprint density at radius 3 is 2.58 bits per heavy atom. The number of carbonyl (C=O) groups excluding carboxylic acids is 1. The van der Waals surface area contributed by atoms with Gasteiger partial charge in [-0.05, 0) is 43.3 Å². The van der Waals surface area contributed by atoms with Crippen LogP contribution in [0.25, 0.3) is 11.0 Å². The third-order valence-corrected chi connectivity index (χ3v) is 3.80. The zero-order valence-electron chi connectivity index (χ0n) is 14.0. The van der Waals surface area contributed by atoms with E-state index >= 15 is 0 Å². The van der Waals surface area contributed by atoms with Crippen LogP contribution >= 0.6 is 0 Å². The quantitative estimate of drug-likeness (QED) is 0.753. The van der Waals surface area contributed by atoms with Crippen LogP contribution in [0.5, 0.6) is 5.75 Å². The molecule has 0 atom stereocenters. The Morgan fingerprint density at radius 2 is 1.88 bits per heavy atom. The first kappa shape index (κ1) is 16.1. The van der Waals surface area contributed by atoms with E-state index in [1.165, 1.54) is 0 Å². The second-order valence-electron chi connectivity index (χ2n) is 5.46. The maximum atomic E-state index is 12.4. The number of imidazole rings is 1. The third kappa shape index (κ3) is 3.40. The number of carbonyl (C=O) groups is 1. The zero-order chi connectivity index (χ0) is 16.9. The van der Waals surface area contributed by atoms with Crippen molar-refractivity contribution >= 4 is 22.6 Å². The van der Waals surface area contributed by atoms with Crippen molar-refractivity contribution in [2.45, 2.75) is 26.8 Å². The van der Waals surface area contributed by atoms with Crippen LogP contribution in [0.4, 0.5) is 5.69 Å². The fourth-order valence-electron chi connectivity index (χ4n) is 2.72. The van der Waals surface area contributed by atoms with Crippen molar-refractivity contribution in [3.05, 3.63) is 54.4 Å². The summed E-state index contributed by atoms with van der Waals surface area (Å²) in [6.07, 6.45) is 0.783. The highest BCUT2D eigenvalue weighted by molar-refractivity contribution is 5.91. The smallest absolute Gasteiger partial charge is 0.244 e. The van der Waals surface area contributed by atoms with Crippen LogP contribution in [-0.2, 0) is 17.8 Å². The molecule has 2 aromatic carbocycles. The minimum Gasteiger partial charge on any atom is -0.494 e. The van der Waals surface area contributed by atoms with Crippen LogP contribution in [0.1, 0.15) is 19.7 Å². The molecule has 0 aliphatic rings. The molecule has 0 aliphatic carbocycles. The fourth-order valence-corrected chi connectivity index (χ4v) is 2.72. The van der Waals surface area contributed by atoms with Gasteiger partial charge in [-0.15, -0.1) is 0 Å². The summed E-state index contributed by atoms with van der Waals surface area (Å²) in [6, 6.07) is 15.3. The van der Waals surface area contributed by atoms with E-state index in [0.717, 1.165) is 34.7 Å². The lowest BCUT2D eigenvalue weighted by Gasteiger charge is -2.10. The second-order valence-corrected chi connectivity index (χ2v) is 5.46. The first-order valence-corrected chi connectivity index (χ1v) is 8.18. The van der Waals surface area contributed by atoms with E-state index in [-0.39, 0.29) is 12.5 Å². The van der Waals surface area contributed by atoms with Crippen molar-refractivity contribution in [1.82, 2.24) is 9.55 Å². The van der Waals surface area contributed by atoms with Gasteiger partial charge in [0.25, 0.3) is 0 Å². The van der Waals surface area contributed by atoms with Gasteiger partial charge in [-0.2, -0.15) is 0 Å². The van der Waals surface area contributed by atoms with E-state index in [4.69, 9.17) is 4.74 Å². The van der Waals surface area contributed by atoms with E-state index in [9.17, 15) is 4.79 Å². The Morgan fingerprint density at radius 1 is 1.12 bits per heavy atom. The molecule has 0 spiro atoms. The predicted molar refractivity (Wildman–Crippen MR) is 95.4 cm³/mol. The van der Waals surface area contributed by atoms with Gasteiger partial charge in [0.1, 0.15) is 18.1 Å². The number of aromatic nitrogens is 2. The number of ether oxygens (including phenoxy) is 1. The largest absolute Gasteiger partial charge is 0.494 e. The van der Waals surface area contributed by atoms with Crippen LogP contribution < -0.4 is 10.1 Å². The van der Waals surface area contributed by atoms with Crippen molar-refractivity contribution in [2.75, 3.05) is 11.9 Å². The molecule has 0 radical (unpaired) electrons. The summed E-state index contributed by atoms with van der Waals surface area (Å²) in [7, 11) is 0. The number of benzene rings is 2. The normalized spacial score (nSPS) is 10.8. The average molecular weight is 323 g/mol. The van der Waals surface area contributed by atoms with Crippen LogP contribution in [0, 0.1) is 0 Å². The predicted octanol–water partition coefficient (Wildman–Crippen LogP) is 3.64. The van der Waals surface area contributed by atoms with E-state index < -0.39 is 0 Å². The Hall–Kier alpha value is -2.82. The van der Waals surface area contributed by atoms with E-state index in [1.807, 2.05) is 66.9 Å². The third-order valence-electron chi connectivity index (χ3n) is 3.80. The summed E-state index contributed by atoms with van der Waals surface area (Å²) < 4.78 is 7.38. The van der Waals surface area contributed by atoms with Gasteiger partial charge in [0, 0.05) is 12.1 Å². The summed E-state index contributed by atoms with van der Waals surface area (Å²) in [5, 5.41) is 2.92. The average Bonchev–Trinajstić information content (AvgIpc) is 2.95. The number of hydrogen-bond donors (Lipinski definition) is 1. The molecule has 5 nitrogen and oxygen atoms in total. The molecule has 0 bridgehead atoms. The Kier molecular flexibility index (Phi) is 4.79. The molecular formula is C19H21N3O2. The van der Waals surface area contributed by atoms with Gasteiger partial charge in [-0.3, -0.25) is 4.79 Å². The fraction of sp³-hybridized carbons (Fsp3) is 0.263. The number of aryl methyl sites for hydroxylation is 1. The maximum Gasteiger partial charge on any atom is 0.244 e. The van der Waals surface area contributed by atoms with Crippen molar-refractivity contribution < 1.29 is 9.53 Å². The van der Waals surface area contributed by atoms with E-state index in [0.29, 0.717) is 6.61 Å². The van der Waals surface area contributed by atoms with Crippen LogP contribution in [0.3, 0.4) is 0 Å². The number of anilines is 1. The van der Waals surface area contributed by atoms with Gasteiger partial charge in [0.15, 0.2) is 0 Å². The molecule has 124 valence electrons.